The van der Waals surface area contributed by atoms with Crippen LogP contribution in [0.5, 0.6) is 0 Å². The minimum absolute atomic E-state index is 0.0768. The molecule has 0 fully saturated rings. The van der Waals surface area contributed by atoms with Crippen molar-refractivity contribution in [2.24, 2.45) is 0 Å². The summed E-state index contributed by atoms with van der Waals surface area (Å²) in [7, 11) is 0. The van der Waals surface area contributed by atoms with Gasteiger partial charge in [-0.2, -0.15) is 0 Å². The number of hydrogen-bond acceptors (Lipinski definition) is 4. The van der Waals surface area contributed by atoms with Gasteiger partial charge in [-0.1, -0.05) is 11.3 Å². The average Bonchev–Trinajstić information content (AvgIpc) is 2.34. The van der Waals surface area contributed by atoms with Crippen LogP contribution in [0.15, 0.2) is 10.4 Å². The van der Waals surface area contributed by atoms with Crippen LogP contribution < -0.4 is 5.32 Å². The van der Waals surface area contributed by atoms with E-state index in [0.717, 1.165) is 4.21 Å². The van der Waals surface area contributed by atoms with E-state index in [0.29, 0.717) is 5.13 Å². The number of amides is 1. The number of carbonyl (C=O) groups excluding carboxylic acids is 1. The maximum Gasteiger partial charge on any atom is 0.223 e. The SMILES string of the molecule is CSc1cnc(NC(C)=O)s1. The smallest absolute Gasteiger partial charge is 0.223 e. The summed E-state index contributed by atoms with van der Waals surface area (Å²) < 4.78 is 1.11. The van der Waals surface area contributed by atoms with E-state index in [9.17, 15) is 4.79 Å². The summed E-state index contributed by atoms with van der Waals surface area (Å²) in [6.45, 7) is 1.47. The van der Waals surface area contributed by atoms with Gasteiger partial charge in [-0.3, -0.25) is 4.79 Å². The van der Waals surface area contributed by atoms with Gasteiger partial charge in [-0.25, -0.2) is 4.98 Å². The average molecular weight is 188 g/mol. The van der Waals surface area contributed by atoms with Crippen LogP contribution in [0.4, 0.5) is 5.13 Å². The van der Waals surface area contributed by atoms with E-state index in [2.05, 4.69) is 10.3 Å². The Morgan fingerprint density at radius 2 is 2.55 bits per heavy atom. The zero-order chi connectivity index (χ0) is 8.27. The molecule has 3 nitrogen and oxygen atoms in total. The highest BCUT2D eigenvalue weighted by Crippen LogP contribution is 2.25. The second-order valence-electron chi connectivity index (χ2n) is 1.87. The fourth-order valence-electron chi connectivity index (χ4n) is 0.562. The van der Waals surface area contributed by atoms with Crippen molar-refractivity contribution < 1.29 is 4.79 Å². The lowest BCUT2D eigenvalue weighted by atomic mass is 10.7. The first-order valence-corrected chi connectivity index (χ1v) is 5.04. The van der Waals surface area contributed by atoms with Gasteiger partial charge in [0, 0.05) is 6.92 Å². The Morgan fingerprint density at radius 3 is 3.00 bits per heavy atom. The zero-order valence-corrected chi connectivity index (χ0v) is 7.88. The molecule has 0 unspecified atom stereocenters. The minimum Gasteiger partial charge on any atom is -0.302 e. The number of thiazole rings is 1. The quantitative estimate of drug-likeness (QED) is 0.720. The molecule has 0 radical (unpaired) electrons. The summed E-state index contributed by atoms with van der Waals surface area (Å²) in [6, 6.07) is 0. The highest BCUT2D eigenvalue weighted by Gasteiger charge is 2.00. The summed E-state index contributed by atoms with van der Waals surface area (Å²) in [5.41, 5.74) is 0. The Kier molecular flexibility index (Phi) is 2.90. The van der Waals surface area contributed by atoms with E-state index in [-0.39, 0.29) is 5.91 Å². The monoisotopic (exact) mass is 188 g/mol. The minimum atomic E-state index is -0.0768. The van der Waals surface area contributed by atoms with E-state index in [4.69, 9.17) is 0 Å². The fraction of sp³-hybridized carbons (Fsp3) is 0.333. The van der Waals surface area contributed by atoms with Gasteiger partial charge >= 0.3 is 0 Å². The molecule has 1 N–H and O–H groups in total. The number of thioether (sulfide) groups is 1. The molecule has 0 saturated carbocycles. The predicted octanol–water partition coefficient (Wildman–Crippen LogP) is 1.82. The number of carbonyl (C=O) groups is 1. The molecule has 0 aliphatic carbocycles. The standard InChI is InChI=1S/C6H8N2OS2/c1-4(9)8-6-7-3-5(10-2)11-6/h3H,1-2H3,(H,7,8,9). The second kappa shape index (κ2) is 3.73. The van der Waals surface area contributed by atoms with Gasteiger partial charge in [0.05, 0.1) is 10.4 Å². The maximum absolute atomic E-state index is 10.6. The molecule has 0 aromatic carbocycles. The number of anilines is 1. The van der Waals surface area contributed by atoms with Crippen LogP contribution in [-0.4, -0.2) is 17.1 Å². The van der Waals surface area contributed by atoms with Crippen molar-refractivity contribution in [1.29, 1.82) is 0 Å². The first-order valence-electron chi connectivity index (χ1n) is 3.00. The van der Waals surface area contributed by atoms with Crippen LogP contribution in [0.2, 0.25) is 0 Å². The van der Waals surface area contributed by atoms with Gasteiger partial charge in [0.15, 0.2) is 5.13 Å². The molecule has 60 valence electrons. The molecule has 0 aliphatic rings. The van der Waals surface area contributed by atoms with Crippen molar-refractivity contribution in [2.75, 3.05) is 11.6 Å². The molecule has 0 saturated heterocycles. The Balaban J connectivity index is 2.65. The first-order chi connectivity index (χ1) is 5.22. The van der Waals surface area contributed by atoms with Crippen LogP contribution >= 0.6 is 23.1 Å². The first kappa shape index (κ1) is 8.55. The lowest BCUT2D eigenvalue weighted by molar-refractivity contribution is -0.114. The van der Waals surface area contributed by atoms with E-state index in [1.165, 1.54) is 18.3 Å². The summed E-state index contributed by atoms with van der Waals surface area (Å²) in [6.07, 6.45) is 3.73. The maximum atomic E-state index is 10.6. The molecular formula is C6H8N2OS2. The molecule has 1 rings (SSSR count). The summed E-state index contributed by atoms with van der Waals surface area (Å²) >= 11 is 3.10. The van der Waals surface area contributed by atoms with Gasteiger partial charge in [0.25, 0.3) is 0 Å². The van der Waals surface area contributed by atoms with Gasteiger partial charge < -0.3 is 5.32 Å². The molecule has 0 spiro atoms. The molecule has 11 heavy (non-hydrogen) atoms. The molecule has 1 aromatic rings. The van der Waals surface area contributed by atoms with Crippen LogP contribution in [0.25, 0.3) is 0 Å². The summed E-state index contributed by atoms with van der Waals surface area (Å²) in [5.74, 6) is -0.0768. The van der Waals surface area contributed by atoms with Crippen molar-refractivity contribution in [3.05, 3.63) is 6.20 Å². The summed E-state index contributed by atoms with van der Waals surface area (Å²) in [4.78, 5) is 14.6. The van der Waals surface area contributed by atoms with E-state index in [1.54, 1.807) is 18.0 Å². The van der Waals surface area contributed by atoms with Crippen molar-refractivity contribution in [2.45, 2.75) is 11.1 Å². The van der Waals surface area contributed by atoms with Crippen LogP contribution in [0.3, 0.4) is 0 Å². The van der Waals surface area contributed by atoms with Crippen LogP contribution in [-0.2, 0) is 4.79 Å². The Labute approximate surface area is 73.2 Å². The highest BCUT2D eigenvalue weighted by molar-refractivity contribution is 8.00. The van der Waals surface area contributed by atoms with E-state index in [1.807, 2.05) is 6.26 Å². The van der Waals surface area contributed by atoms with Crippen molar-refractivity contribution in [3.8, 4) is 0 Å². The van der Waals surface area contributed by atoms with Gasteiger partial charge in [0.1, 0.15) is 0 Å². The molecular weight excluding hydrogens is 180 g/mol. The number of hydrogen-bond donors (Lipinski definition) is 1. The van der Waals surface area contributed by atoms with Crippen LogP contribution in [0.1, 0.15) is 6.92 Å². The largest absolute Gasteiger partial charge is 0.302 e. The van der Waals surface area contributed by atoms with E-state index >= 15 is 0 Å². The third-order valence-electron chi connectivity index (χ3n) is 0.969. The number of nitrogens with zero attached hydrogens (tertiary/aromatic N) is 1. The molecule has 0 atom stereocenters. The normalized spacial score (nSPS) is 9.64. The summed E-state index contributed by atoms with van der Waals surface area (Å²) in [5, 5.41) is 3.28. The number of rotatable bonds is 2. The second-order valence-corrected chi connectivity index (χ2v) is 4.01. The van der Waals surface area contributed by atoms with Gasteiger partial charge in [-0.15, -0.1) is 11.8 Å². The number of aromatic nitrogens is 1. The Bertz CT molecular complexity index is 259. The number of nitrogens with one attached hydrogen (secondary N) is 1. The van der Waals surface area contributed by atoms with Gasteiger partial charge in [-0.05, 0) is 6.26 Å². The lowest BCUT2D eigenvalue weighted by Gasteiger charge is -1.91. The van der Waals surface area contributed by atoms with Crippen molar-refractivity contribution in [3.63, 3.8) is 0 Å². The third kappa shape index (κ3) is 2.51. The molecule has 1 amide bonds. The van der Waals surface area contributed by atoms with E-state index < -0.39 is 0 Å². The Morgan fingerprint density at radius 1 is 1.82 bits per heavy atom. The fourth-order valence-corrected chi connectivity index (χ4v) is 1.89. The molecule has 0 bridgehead atoms. The topological polar surface area (TPSA) is 42.0 Å². The molecule has 1 heterocycles. The van der Waals surface area contributed by atoms with Crippen molar-refractivity contribution >= 4 is 34.1 Å². The molecule has 0 aliphatic heterocycles. The van der Waals surface area contributed by atoms with Crippen molar-refractivity contribution in [1.82, 2.24) is 4.98 Å². The van der Waals surface area contributed by atoms with Crippen LogP contribution in [0, 0.1) is 0 Å². The predicted molar refractivity (Wildman–Crippen MR) is 48.2 cm³/mol. The van der Waals surface area contributed by atoms with Gasteiger partial charge in [0.2, 0.25) is 5.91 Å². The highest BCUT2D eigenvalue weighted by atomic mass is 32.2. The third-order valence-corrected chi connectivity index (χ3v) is 2.93. The molecule has 1 aromatic heterocycles. The lowest BCUT2D eigenvalue weighted by Crippen LogP contribution is -2.04. The Hall–Kier alpha value is -0.550. The molecule has 5 heteroatoms. The zero-order valence-electron chi connectivity index (χ0n) is 6.25.